The van der Waals surface area contributed by atoms with Gasteiger partial charge in [0.25, 0.3) is 5.91 Å². The highest BCUT2D eigenvalue weighted by Crippen LogP contribution is 2.24. The minimum absolute atomic E-state index is 0.158. The average molecular weight is 427 g/mol. The molecule has 5 nitrogen and oxygen atoms in total. The van der Waals surface area contributed by atoms with Gasteiger partial charge in [0, 0.05) is 18.7 Å². The number of amides is 2. The molecule has 0 aromatic heterocycles. The van der Waals surface area contributed by atoms with Crippen molar-refractivity contribution in [1.82, 2.24) is 10.3 Å². The van der Waals surface area contributed by atoms with Crippen molar-refractivity contribution in [2.24, 2.45) is 5.92 Å². The van der Waals surface area contributed by atoms with Crippen molar-refractivity contribution in [2.45, 2.75) is 12.8 Å². The van der Waals surface area contributed by atoms with Gasteiger partial charge in [0.1, 0.15) is 0 Å². The van der Waals surface area contributed by atoms with Crippen LogP contribution in [-0.2, 0) is 4.79 Å². The fraction of sp³-hybridized carbons (Fsp3) is 0.217. The first kappa shape index (κ1) is 20.7. The number of piperidine rings is 1. The molecule has 4 rings (SSSR count). The number of carbonyl (C=O) groups excluding carboxylic acids is 2. The molecule has 3 aromatic rings. The third-order valence-electron chi connectivity index (χ3n) is 5.45. The van der Waals surface area contributed by atoms with E-state index < -0.39 is 29.3 Å². The van der Waals surface area contributed by atoms with Crippen molar-refractivity contribution in [3.63, 3.8) is 0 Å². The normalized spacial score (nSPS) is 16.2. The van der Waals surface area contributed by atoms with E-state index in [4.69, 9.17) is 0 Å². The summed E-state index contributed by atoms with van der Waals surface area (Å²) in [6, 6.07) is 14.9. The van der Waals surface area contributed by atoms with E-state index in [0.717, 1.165) is 22.9 Å². The molecule has 8 heteroatoms. The minimum Gasteiger partial charge on any atom is -0.338 e. The SMILES string of the molecule is O=C(NNc1ccc(F)c(F)c1F)C1CCCN(C(=O)c2cccc3ccccc23)C1. The van der Waals surface area contributed by atoms with Gasteiger partial charge >= 0.3 is 0 Å². The number of likely N-dealkylation sites (tertiary alicyclic amines) is 1. The van der Waals surface area contributed by atoms with E-state index >= 15 is 0 Å². The fourth-order valence-electron chi connectivity index (χ4n) is 3.81. The van der Waals surface area contributed by atoms with Crippen LogP contribution in [0.3, 0.4) is 0 Å². The van der Waals surface area contributed by atoms with E-state index in [0.29, 0.717) is 24.9 Å². The first-order valence-corrected chi connectivity index (χ1v) is 9.92. The van der Waals surface area contributed by atoms with Crippen LogP contribution in [0, 0.1) is 23.4 Å². The van der Waals surface area contributed by atoms with Gasteiger partial charge in [-0.1, -0.05) is 36.4 Å². The predicted molar refractivity (Wildman–Crippen MR) is 111 cm³/mol. The molecule has 0 bridgehead atoms. The number of hydrogen-bond donors (Lipinski definition) is 2. The lowest BCUT2D eigenvalue weighted by molar-refractivity contribution is -0.125. The van der Waals surface area contributed by atoms with Gasteiger partial charge in [0.2, 0.25) is 5.91 Å². The number of hydrazine groups is 1. The topological polar surface area (TPSA) is 61.4 Å². The predicted octanol–water partition coefficient (Wildman–Crippen LogP) is 4.25. The molecule has 0 saturated carbocycles. The smallest absolute Gasteiger partial charge is 0.254 e. The number of anilines is 1. The van der Waals surface area contributed by atoms with Crippen LogP contribution < -0.4 is 10.9 Å². The van der Waals surface area contributed by atoms with Gasteiger partial charge in [0.15, 0.2) is 17.5 Å². The highest BCUT2D eigenvalue weighted by Gasteiger charge is 2.29. The minimum atomic E-state index is -1.62. The summed E-state index contributed by atoms with van der Waals surface area (Å²) in [6.45, 7) is 0.729. The van der Waals surface area contributed by atoms with Crippen molar-refractivity contribution >= 4 is 28.3 Å². The van der Waals surface area contributed by atoms with Gasteiger partial charge in [-0.25, -0.2) is 13.2 Å². The van der Waals surface area contributed by atoms with E-state index in [1.807, 2.05) is 36.4 Å². The number of benzene rings is 3. The third-order valence-corrected chi connectivity index (χ3v) is 5.45. The number of nitrogens with one attached hydrogen (secondary N) is 2. The summed E-state index contributed by atoms with van der Waals surface area (Å²) in [7, 11) is 0. The summed E-state index contributed by atoms with van der Waals surface area (Å²) in [6.07, 6.45) is 1.18. The highest BCUT2D eigenvalue weighted by atomic mass is 19.2. The van der Waals surface area contributed by atoms with Gasteiger partial charge in [-0.15, -0.1) is 0 Å². The lowest BCUT2D eigenvalue weighted by atomic mass is 9.96. The molecule has 1 aliphatic rings. The molecule has 3 aromatic carbocycles. The average Bonchev–Trinajstić information content (AvgIpc) is 2.81. The molecular weight excluding hydrogens is 407 g/mol. The summed E-state index contributed by atoms with van der Waals surface area (Å²) in [5, 5.41) is 1.80. The quantitative estimate of drug-likeness (QED) is 0.483. The Bertz CT molecular complexity index is 1150. The maximum absolute atomic E-state index is 13.8. The van der Waals surface area contributed by atoms with Crippen molar-refractivity contribution < 1.29 is 22.8 Å². The molecule has 31 heavy (non-hydrogen) atoms. The molecule has 1 heterocycles. The summed E-state index contributed by atoms with van der Waals surface area (Å²) < 4.78 is 40.1. The summed E-state index contributed by atoms with van der Waals surface area (Å²) >= 11 is 0. The Morgan fingerprint density at radius 3 is 2.55 bits per heavy atom. The van der Waals surface area contributed by atoms with Crippen molar-refractivity contribution in [2.75, 3.05) is 18.5 Å². The summed E-state index contributed by atoms with van der Waals surface area (Å²) in [5.74, 6) is -5.49. The van der Waals surface area contributed by atoms with Crippen LogP contribution in [-0.4, -0.2) is 29.8 Å². The number of hydrogen-bond acceptors (Lipinski definition) is 3. The molecule has 0 aliphatic carbocycles. The van der Waals surface area contributed by atoms with E-state index in [-0.39, 0.29) is 18.1 Å². The number of halogens is 3. The zero-order valence-corrected chi connectivity index (χ0v) is 16.5. The second kappa shape index (κ2) is 8.67. The van der Waals surface area contributed by atoms with Crippen LogP contribution in [0.15, 0.2) is 54.6 Å². The van der Waals surface area contributed by atoms with Crippen molar-refractivity contribution in [3.05, 3.63) is 77.6 Å². The van der Waals surface area contributed by atoms with Crippen LogP contribution >= 0.6 is 0 Å². The number of carbonyl (C=O) groups is 2. The lowest BCUT2D eigenvalue weighted by Gasteiger charge is -2.32. The second-order valence-electron chi connectivity index (χ2n) is 7.45. The number of rotatable bonds is 4. The Balaban J connectivity index is 1.44. The molecular formula is C23H20F3N3O2. The molecule has 1 atom stereocenters. The first-order valence-electron chi connectivity index (χ1n) is 9.92. The highest BCUT2D eigenvalue weighted by molar-refractivity contribution is 6.07. The zero-order valence-electron chi connectivity index (χ0n) is 16.5. The Kier molecular flexibility index (Phi) is 5.79. The molecule has 1 aliphatic heterocycles. The maximum atomic E-state index is 13.8. The first-order chi connectivity index (χ1) is 15.0. The molecule has 2 N–H and O–H groups in total. The largest absolute Gasteiger partial charge is 0.338 e. The van der Waals surface area contributed by atoms with Crippen LogP contribution in [0.25, 0.3) is 10.8 Å². The van der Waals surface area contributed by atoms with Gasteiger partial charge in [0.05, 0.1) is 11.6 Å². The molecule has 160 valence electrons. The zero-order chi connectivity index (χ0) is 22.0. The van der Waals surface area contributed by atoms with E-state index in [2.05, 4.69) is 10.9 Å². The van der Waals surface area contributed by atoms with E-state index in [1.165, 1.54) is 0 Å². The standard InChI is InChI=1S/C23H20F3N3O2/c24-18-10-11-19(21(26)20(18)25)27-28-22(30)15-7-4-12-29(13-15)23(31)17-9-3-6-14-5-1-2-8-16(14)17/h1-3,5-6,8-11,15,27H,4,7,12-13H2,(H,28,30). The Morgan fingerprint density at radius 1 is 0.935 bits per heavy atom. The van der Waals surface area contributed by atoms with Gasteiger partial charge in [-0.05, 0) is 41.8 Å². The van der Waals surface area contributed by atoms with Crippen LogP contribution in [0.1, 0.15) is 23.2 Å². The van der Waals surface area contributed by atoms with Crippen LogP contribution in [0.5, 0.6) is 0 Å². The Morgan fingerprint density at radius 2 is 1.71 bits per heavy atom. The third kappa shape index (κ3) is 4.19. The van der Waals surface area contributed by atoms with Gasteiger partial charge < -0.3 is 4.90 Å². The molecule has 1 unspecified atom stereocenters. The van der Waals surface area contributed by atoms with E-state index in [9.17, 15) is 22.8 Å². The lowest BCUT2D eigenvalue weighted by Crippen LogP contribution is -2.46. The molecule has 0 radical (unpaired) electrons. The van der Waals surface area contributed by atoms with E-state index in [1.54, 1.807) is 11.0 Å². The second-order valence-corrected chi connectivity index (χ2v) is 7.45. The van der Waals surface area contributed by atoms with Crippen molar-refractivity contribution in [1.29, 1.82) is 0 Å². The number of nitrogens with zero attached hydrogens (tertiary/aromatic N) is 1. The van der Waals surface area contributed by atoms with Crippen molar-refractivity contribution in [3.8, 4) is 0 Å². The molecule has 0 spiro atoms. The summed E-state index contributed by atoms with van der Waals surface area (Å²) in [5.41, 5.74) is 4.81. The molecule has 1 fully saturated rings. The Hall–Kier alpha value is -3.55. The summed E-state index contributed by atoms with van der Waals surface area (Å²) in [4.78, 5) is 27.3. The van der Waals surface area contributed by atoms with Gasteiger partial charge in [-0.2, -0.15) is 0 Å². The molecule has 1 saturated heterocycles. The monoisotopic (exact) mass is 427 g/mol. The number of fused-ring (bicyclic) bond motifs is 1. The van der Waals surface area contributed by atoms with Gasteiger partial charge in [-0.3, -0.25) is 20.4 Å². The fourth-order valence-corrected chi connectivity index (χ4v) is 3.81. The van der Waals surface area contributed by atoms with Crippen LogP contribution in [0.4, 0.5) is 18.9 Å². The van der Waals surface area contributed by atoms with Crippen LogP contribution in [0.2, 0.25) is 0 Å². The maximum Gasteiger partial charge on any atom is 0.254 e. The molecule has 2 amide bonds. The Labute approximate surface area is 176 Å².